The molecule has 0 fully saturated rings. The number of thiol groups is 1. The molecule has 7 aromatic carbocycles. The Bertz CT molecular complexity index is 3490. The maximum atomic E-state index is 14.8. The average Bonchev–Trinajstić information content (AvgIpc) is 3.96. The molecule has 13 rings (SSSR count). The fourth-order valence-corrected chi connectivity index (χ4v) is 12.3. The second kappa shape index (κ2) is 16.3. The fourth-order valence-electron chi connectivity index (χ4n) is 12.3. The third-order valence-corrected chi connectivity index (χ3v) is 15.0. The van der Waals surface area contributed by atoms with Crippen LogP contribution in [-0.2, 0) is 5.41 Å². The Morgan fingerprint density at radius 3 is 1.97 bits per heavy atom. The molecule has 0 radical (unpaired) electrons. The van der Waals surface area contributed by atoms with Crippen LogP contribution < -0.4 is 5.56 Å². The summed E-state index contributed by atoms with van der Waals surface area (Å²) in [7, 11) is 0. The van der Waals surface area contributed by atoms with Crippen molar-refractivity contribution in [2.75, 3.05) is 6.26 Å². The van der Waals surface area contributed by atoms with Gasteiger partial charge in [-0.3, -0.25) is 9.36 Å². The molecule has 8 aromatic rings. The summed E-state index contributed by atoms with van der Waals surface area (Å²) in [6.45, 7) is 11.1. The summed E-state index contributed by atoms with van der Waals surface area (Å²) >= 11 is 3.53. The number of hydrogen-bond donors (Lipinski definition) is 1. The number of fused-ring (bicyclic) bond motifs is 14. The molecule has 2 nitrogen and oxygen atoms in total. The number of aromatic nitrogens is 1. The molecule has 2 heterocycles. The molecule has 0 saturated carbocycles. The molecule has 3 heteroatoms. The summed E-state index contributed by atoms with van der Waals surface area (Å²) in [6, 6.07) is 55.5. The lowest BCUT2D eigenvalue weighted by Crippen LogP contribution is -2.30. The predicted octanol–water partition coefficient (Wildman–Crippen LogP) is 16.1. The van der Waals surface area contributed by atoms with Crippen LogP contribution in [0.1, 0.15) is 84.5 Å². The van der Waals surface area contributed by atoms with Crippen LogP contribution in [0.15, 0.2) is 192 Å². The van der Waals surface area contributed by atoms with Crippen LogP contribution in [-0.4, -0.2) is 10.8 Å². The van der Waals surface area contributed by atoms with Gasteiger partial charge in [-0.2, -0.15) is 12.6 Å². The lowest BCUT2D eigenvalue weighted by Gasteiger charge is -2.35. The van der Waals surface area contributed by atoms with Crippen molar-refractivity contribution >= 4 is 45.5 Å². The summed E-state index contributed by atoms with van der Waals surface area (Å²) in [6.07, 6.45) is 13.9. The Labute approximate surface area is 394 Å². The Balaban J connectivity index is 0.000000928. The maximum absolute atomic E-state index is 14.8. The highest BCUT2D eigenvalue weighted by Gasteiger charge is 2.56. The lowest BCUT2D eigenvalue weighted by atomic mass is 9.66. The summed E-state index contributed by atoms with van der Waals surface area (Å²) in [5.74, 6) is 0.424. The normalized spacial score (nSPS) is 20.1. The second-order valence-corrected chi connectivity index (χ2v) is 18.6. The van der Waals surface area contributed by atoms with Crippen molar-refractivity contribution in [2.24, 2.45) is 5.92 Å². The van der Waals surface area contributed by atoms with E-state index in [2.05, 4.69) is 216 Å². The first-order chi connectivity index (χ1) is 32.3. The molecule has 66 heavy (non-hydrogen) atoms. The van der Waals surface area contributed by atoms with Gasteiger partial charge in [-0.15, -0.1) is 0 Å². The number of pyridine rings is 1. The Kier molecular flexibility index (Phi) is 10.4. The summed E-state index contributed by atoms with van der Waals surface area (Å²) in [5, 5.41) is 2.93. The van der Waals surface area contributed by atoms with E-state index in [1.165, 1.54) is 101 Å². The van der Waals surface area contributed by atoms with Gasteiger partial charge < -0.3 is 0 Å². The first-order valence-electron chi connectivity index (χ1n) is 23.7. The van der Waals surface area contributed by atoms with E-state index in [4.69, 9.17) is 0 Å². The van der Waals surface area contributed by atoms with Gasteiger partial charge in [0.25, 0.3) is 5.56 Å². The zero-order valence-electron chi connectivity index (χ0n) is 38.7. The first kappa shape index (κ1) is 42.0. The molecule has 0 N–H and O–H groups in total. The van der Waals surface area contributed by atoms with Crippen molar-refractivity contribution in [1.82, 2.24) is 4.57 Å². The highest BCUT2D eigenvalue weighted by molar-refractivity contribution is 7.79. The number of allylic oxidation sites excluding steroid dienone is 8. The van der Waals surface area contributed by atoms with Gasteiger partial charge in [0.15, 0.2) is 0 Å². The molecule has 324 valence electrons. The predicted molar refractivity (Wildman–Crippen MR) is 284 cm³/mol. The number of rotatable bonds is 3. The van der Waals surface area contributed by atoms with Crippen molar-refractivity contribution < 1.29 is 0 Å². The molecule has 1 aromatic heterocycles. The minimum Gasteiger partial charge on any atom is -0.300 e. The van der Waals surface area contributed by atoms with Gasteiger partial charge in [0.05, 0.1) is 17.0 Å². The SMILES string of the molecule is CCC.CS.Cc1ccccc1-c1cccc(-c2ccc(-c3cc4c5c(c3)c3ccccc3c(=O)n5C3C=C5C(=CC43)C3(C4=C(c6ccccc63)C(C)CC=C4)c3ccccc35)cc2)c1C. The molecular formula is C63H55NOS. The van der Waals surface area contributed by atoms with Gasteiger partial charge >= 0.3 is 0 Å². The Morgan fingerprint density at radius 1 is 0.621 bits per heavy atom. The quantitative estimate of drug-likeness (QED) is 0.139. The largest absolute Gasteiger partial charge is 0.300 e. The molecular weight excluding hydrogens is 819 g/mol. The van der Waals surface area contributed by atoms with E-state index in [0.717, 1.165) is 28.1 Å². The first-order valence-corrected chi connectivity index (χ1v) is 24.6. The van der Waals surface area contributed by atoms with Crippen LogP contribution in [0.5, 0.6) is 0 Å². The van der Waals surface area contributed by atoms with E-state index < -0.39 is 5.41 Å². The van der Waals surface area contributed by atoms with Gasteiger partial charge in [0.1, 0.15) is 0 Å². The summed E-state index contributed by atoms with van der Waals surface area (Å²) < 4.78 is 2.14. The molecule has 0 saturated heterocycles. The Morgan fingerprint density at radius 2 is 1.23 bits per heavy atom. The third-order valence-electron chi connectivity index (χ3n) is 15.0. The third kappa shape index (κ3) is 5.92. The van der Waals surface area contributed by atoms with E-state index in [-0.39, 0.29) is 17.5 Å². The van der Waals surface area contributed by atoms with Gasteiger partial charge in [-0.1, -0.05) is 185 Å². The van der Waals surface area contributed by atoms with Gasteiger partial charge in [-0.05, 0) is 151 Å². The number of aryl methyl sites for hydroxylation is 1. The minimum atomic E-state index is -0.407. The number of hydrogen-bond acceptors (Lipinski definition) is 2. The molecule has 1 aliphatic heterocycles. The van der Waals surface area contributed by atoms with E-state index >= 15 is 0 Å². The van der Waals surface area contributed by atoms with Crippen LogP contribution in [0.4, 0.5) is 0 Å². The van der Waals surface area contributed by atoms with Crippen molar-refractivity contribution in [1.29, 1.82) is 0 Å². The monoisotopic (exact) mass is 873 g/mol. The highest BCUT2D eigenvalue weighted by Crippen LogP contribution is 2.67. The van der Waals surface area contributed by atoms with Crippen molar-refractivity contribution in [2.45, 2.75) is 64.8 Å². The van der Waals surface area contributed by atoms with E-state index in [9.17, 15) is 4.79 Å². The smallest absolute Gasteiger partial charge is 0.259 e. The zero-order chi connectivity index (χ0) is 45.4. The van der Waals surface area contributed by atoms with E-state index in [1.807, 2.05) is 12.1 Å². The molecule has 1 spiro atoms. The number of benzene rings is 7. The average molecular weight is 874 g/mol. The maximum Gasteiger partial charge on any atom is 0.259 e. The standard InChI is InChI=1S/C59H43NO.C3H8.CH4S/c1-34-14-4-5-16-40(34)42-22-13-21-41(36(42)3)38-28-26-37(27-29-38)39-30-49-43-17-6-7-19-45(43)58(61)60-55-33-47-44-18-8-10-23-51(44)59(54(47)32-48(55)50(31-39)57(49)60)52-24-11-9-20-46(52)56-35(2)15-12-25-53(56)59;1-3-2;1-2/h4-14,16-33,35,48,55H,15H2,1-3H3;3H2,1-2H3;2H,1H3. The summed E-state index contributed by atoms with van der Waals surface area (Å²) in [5.41, 5.74) is 22.9. The molecule has 0 amide bonds. The van der Waals surface area contributed by atoms with E-state index in [0.29, 0.717) is 5.92 Å². The molecule has 5 aliphatic rings. The molecule has 4 unspecified atom stereocenters. The van der Waals surface area contributed by atoms with Gasteiger partial charge in [0, 0.05) is 16.7 Å². The Hall–Kier alpha value is -6.68. The second-order valence-electron chi connectivity index (χ2n) is 18.6. The highest BCUT2D eigenvalue weighted by atomic mass is 32.1. The minimum absolute atomic E-state index is 0.00943. The fraction of sp³-hybridized carbons (Fsp3) is 0.190. The van der Waals surface area contributed by atoms with E-state index in [1.54, 1.807) is 6.26 Å². The zero-order valence-corrected chi connectivity index (χ0v) is 39.6. The molecule has 4 atom stereocenters. The van der Waals surface area contributed by atoms with Gasteiger partial charge in [-0.25, -0.2) is 0 Å². The molecule has 4 aliphatic carbocycles. The summed E-state index contributed by atoms with van der Waals surface area (Å²) in [4.78, 5) is 14.8. The van der Waals surface area contributed by atoms with Crippen molar-refractivity contribution in [3.63, 3.8) is 0 Å². The van der Waals surface area contributed by atoms with Crippen LogP contribution in [0.2, 0.25) is 0 Å². The van der Waals surface area contributed by atoms with Crippen LogP contribution >= 0.6 is 12.6 Å². The van der Waals surface area contributed by atoms with Crippen molar-refractivity contribution in [3.8, 4) is 33.4 Å². The molecule has 0 bridgehead atoms. The van der Waals surface area contributed by atoms with Crippen LogP contribution in [0.3, 0.4) is 0 Å². The number of nitrogens with zero attached hydrogens (tertiary/aromatic N) is 1. The van der Waals surface area contributed by atoms with Crippen LogP contribution in [0, 0.1) is 19.8 Å². The van der Waals surface area contributed by atoms with Gasteiger partial charge in [0.2, 0.25) is 0 Å². The van der Waals surface area contributed by atoms with Crippen molar-refractivity contribution in [3.05, 3.63) is 236 Å². The lowest BCUT2D eigenvalue weighted by molar-refractivity contribution is 0.580. The topological polar surface area (TPSA) is 22.0 Å². The van der Waals surface area contributed by atoms with Crippen LogP contribution in [0.25, 0.3) is 66.2 Å².